The minimum absolute atomic E-state index is 0.0218. The average Bonchev–Trinajstić information content (AvgIpc) is 2.37. The van der Waals surface area contributed by atoms with Crippen LogP contribution in [-0.2, 0) is 9.53 Å². The predicted octanol–water partition coefficient (Wildman–Crippen LogP) is 2.29. The first-order chi connectivity index (χ1) is 9.41. The fourth-order valence-corrected chi connectivity index (χ4v) is 2.35. The van der Waals surface area contributed by atoms with Gasteiger partial charge in [-0.3, -0.25) is 4.79 Å². The highest BCUT2D eigenvalue weighted by atomic mass is 16.6. The Hall–Kier alpha value is -2.04. The summed E-state index contributed by atoms with van der Waals surface area (Å²) in [5.41, 5.74) is 0.00153. The molecule has 2 rings (SSSR count). The van der Waals surface area contributed by atoms with E-state index in [4.69, 9.17) is 14.2 Å². The van der Waals surface area contributed by atoms with E-state index in [0.29, 0.717) is 17.1 Å². The lowest BCUT2D eigenvalue weighted by Crippen LogP contribution is -2.47. The van der Waals surface area contributed by atoms with Crippen LogP contribution in [0.1, 0.15) is 36.2 Å². The van der Waals surface area contributed by atoms with Gasteiger partial charge in [-0.25, -0.2) is 4.79 Å². The molecule has 0 spiro atoms. The molecule has 20 heavy (non-hydrogen) atoms. The van der Waals surface area contributed by atoms with E-state index < -0.39 is 11.6 Å². The minimum Gasteiger partial charge on any atom is -0.497 e. The van der Waals surface area contributed by atoms with Crippen LogP contribution in [0.25, 0.3) is 0 Å². The van der Waals surface area contributed by atoms with Gasteiger partial charge >= 0.3 is 5.97 Å². The van der Waals surface area contributed by atoms with Crippen LogP contribution in [0.2, 0.25) is 0 Å². The number of ketones is 1. The van der Waals surface area contributed by atoms with E-state index in [-0.39, 0.29) is 18.8 Å². The molecule has 0 aliphatic carbocycles. The molecule has 1 unspecified atom stereocenters. The van der Waals surface area contributed by atoms with Crippen LogP contribution in [0, 0.1) is 6.92 Å². The number of ether oxygens (including phenoxy) is 3. The first-order valence-electron chi connectivity index (χ1n) is 6.49. The number of carbonyl (C=O) groups is 2. The highest BCUT2D eigenvalue weighted by Gasteiger charge is 2.44. The fraction of sp³-hybridized carbons (Fsp3) is 0.467. The highest BCUT2D eigenvalue weighted by Crippen LogP contribution is 2.38. The van der Waals surface area contributed by atoms with Crippen molar-refractivity contribution in [1.29, 1.82) is 0 Å². The molecule has 0 saturated heterocycles. The first kappa shape index (κ1) is 14.4. The lowest BCUT2D eigenvalue weighted by molar-refractivity contribution is -0.160. The monoisotopic (exact) mass is 278 g/mol. The second-order valence-corrected chi connectivity index (χ2v) is 4.97. The number of hydrogen-bond donors (Lipinski definition) is 0. The summed E-state index contributed by atoms with van der Waals surface area (Å²) < 4.78 is 15.9. The standard InChI is InChI=1S/C15H18O5/c1-5-19-14(17)15(3)8-11(16)13-9(2)6-10(18-4)7-12(13)20-15/h6-7H,5,8H2,1-4H3. The SMILES string of the molecule is CCOC(=O)C1(C)CC(=O)c2c(C)cc(OC)cc2O1. The van der Waals surface area contributed by atoms with Crippen LogP contribution in [0.5, 0.6) is 11.5 Å². The number of carbonyl (C=O) groups excluding carboxylic acids is 2. The van der Waals surface area contributed by atoms with Crippen molar-refractivity contribution in [3.63, 3.8) is 0 Å². The Bertz CT molecular complexity index is 564. The number of esters is 1. The Morgan fingerprint density at radius 3 is 2.75 bits per heavy atom. The van der Waals surface area contributed by atoms with E-state index >= 15 is 0 Å². The Kier molecular flexibility index (Phi) is 3.70. The molecule has 1 atom stereocenters. The van der Waals surface area contributed by atoms with Crippen LogP contribution < -0.4 is 9.47 Å². The summed E-state index contributed by atoms with van der Waals surface area (Å²) in [5, 5.41) is 0. The molecule has 0 radical (unpaired) electrons. The smallest absolute Gasteiger partial charge is 0.350 e. The van der Waals surface area contributed by atoms with Gasteiger partial charge in [0.15, 0.2) is 5.78 Å². The van der Waals surface area contributed by atoms with Crippen molar-refractivity contribution in [2.24, 2.45) is 0 Å². The maximum Gasteiger partial charge on any atom is 0.350 e. The van der Waals surface area contributed by atoms with E-state index in [2.05, 4.69) is 0 Å². The molecule has 1 heterocycles. The molecule has 0 amide bonds. The third-order valence-electron chi connectivity index (χ3n) is 3.33. The van der Waals surface area contributed by atoms with Crippen molar-refractivity contribution in [3.8, 4) is 11.5 Å². The van der Waals surface area contributed by atoms with Crippen molar-refractivity contribution >= 4 is 11.8 Å². The van der Waals surface area contributed by atoms with E-state index in [1.807, 2.05) is 6.92 Å². The number of hydrogen-bond acceptors (Lipinski definition) is 5. The third-order valence-corrected chi connectivity index (χ3v) is 3.33. The Balaban J connectivity index is 2.45. The molecular formula is C15H18O5. The summed E-state index contributed by atoms with van der Waals surface area (Å²) in [7, 11) is 1.54. The minimum atomic E-state index is -1.28. The lowest BCUT2D eigenvalue weighted by atomic mass is 9.89. The second kappa shape index (κ2) is 5.15. The zero-order valence-corrected chi connectivity index (χ0v) is 12.1. The summed E-state index contributed by atoms with van der Waals surface area (Å²) in [4.78, 5) is 24.3. The molecule has 0 saturated carbocycles. The van der Waals surface area contributed by atoms with Gasteiger partial charge in [0.2, 0.25) is 5.60 Å². The van der Waals surface area contributed by atoms with Crippen LogP contribution >= 0.6 is 0 Å². The summed E-state index contributed by atoms with van der Waals surface area (Å²) in [6, 6.07) is 3.39. The van der Waals surface area contributed by atoms with Crippen LogP contribution in [-0.4, -0.2) is 31.1 Å². The predicted molar refractivity (Wildman–Crippen MR) is 72.3 cm³/mol. The highest BCUT2D eigenvalue weighted by molar-refractivity contribution is 6.05. The number of Topliss-reactive ketones (excluding diaryl/α,β-unsaturated/α-hetero) is 1. The number of aryl methyl sites for hydroxylation is 1. The molecule has 1 aliphatic rings. The molecule has 1 aliphatic heterocycles. The molecule has 1 aromatic carbocycles. The van der Waals surface area contributed by atoms with Gasteiger partial charge in [-0.05, 0) is 32.4 Å². The van der Waals surface area contributed by atoms with Gasteiger partial charge in [-0.2, -0.15) is 0 Å². The molecule has 0 aromatic heterocycles. The molecule has 0 bridgehead atoms. The van der Waals surface area contributed by atoms with Crippen molar-refractivity contribution in [1.82, 2.24) is 0 Å². The van der Waals surface area contributed by atoms with Gasteiger partial charge in [0.05, 0.1) is 25.7 Å². The van der Waals surface area contributed by atoms with Crippen molar-refractivity contribution in [3.05, 3.63) is 23.3 Å². The lowest BCUT2D eigenvalue weighted by Gasteiger charge is -2.33. The molecule has 5 heteroatoms. The van der Waals surface area contributed by atoms with Crippen molar-refractivity contribution in [2.45, 2.75) is 32.8 Å². The van der Waals surface area contributed by atoms with Gasteiger partial charge in [-0.1, -0.05) is 0 Å². The molecule has 1 aromatic rings. The van der Waals surface area contributed by atoms with Crippen molar-refractivity contribution in [2.75, 3.05) is 13.7 Å². The number of rotatable bonds is 3. The largest absolute Gasteiger partial charge is 0.497 e. The molecule has 0 N–H and O–H groups in total. The Morgan fingerprint density at radius 2 is 2.15 bits per heavy atom. The molecule has 0 fully saturated rings. The van der Waals surface area contributed by atoms with E-state index in [9.17, 15) is 9.59 Å². The Morgan fingerprint density at radius 1 is 1.45 bits per heavy atom. The summed E-state index contributed by atoms with van der Waals surface area (Å²) >= 11 is 0. The van der Waals surface area contributed by atoms with E-state index in [1.54, 1.807) is 26.0 Å². The van der Waals surface area contributed by atoms with Crippen LogP contribution in [0.4, 0.5) is 0 Å². The fourth-order valence-electron chi connectivity index (χ4n) is 2.35. The zero-order chi connectivity index (χ0) is 14.9. The average molecular weight is 278 g/mol. The van der Waals surface area contributed by atoms with Crippen LogP contribution in [0.15, 0.2) is 12.1 Å². The van der Waals surface area contributed by atoms with Gasteiger partial charge in [-0.15, -0.1) is 0 Å². The quantitative estimate of drug-likeness (QED) is 0.794. The maximum atomic E-state index is 12.3. The second-order valence-electron chi connectivity index (χ2n) is 4.97. The number of fused-ring (bicyclic) bond motifs is 1. The maximum absolute atomic E-state index is 12.3. The summed E-state index contributed by atoms with van der Waals surface area (Å²) in [6.07, 6.45) is -0.0218. The number of methoxy groups -OCH3 is 1. The van der Waals surface area contributed by atoms with E-state index in [0.717, 1.165) is 5.56 Å². The van der Waals surface area contributed by atoms with Gasteiger partial charge in [0.1, 0.15) is 11.5 Å². The van der Waals surface area contributed by atoms with Gasteiger partial charge in [0.25, 0.3) is 0 Å². The normalized spacial score (nSPS) is 20.9. The van der Waals surface area contributed by atoms with Gasteiger partial charge in [0, 0.05) is 6.07 Å². The topological polar surface area (TPSA) is 61.8 Å². The molecule has 5 nitrogen and oxygen atoms in total. The van der Waals surface area contributed by atoms with Crippen LogP contribution in [0.3, 0.4) is 0 Å². The zero-order valence-electron chi connectivity index (χ0n) is 12.1. The van der Waals surface area contributed by atoms with E-state index in [1.165, 1.54) is 7.11 Å². The summed E-state index contributed by atoms with van der Waals surface area (Å²) in [5.74, 6) is 0.303. The first-order valence-corrected chi connectivity index (χ1v) is 6.49. The molecular weight excluding hydrogens is 260 g/mol. The van der Waals surface area contributed by atoms with Gasteiger partial charge < -0.3 is 14.2 Å². The molecule has 108 valence electrons. The summed E-state index contributed by atoms with van der Waals surface area (Å²) in [6.45, 7) is 5.35. The number of benzene rings is 1. The Labute approximate surface area is 117 Å². The van der Waals surface area contributed by atoms with Crippen molar-refractivity contribution < 1.29 is 23.8 Å². The third kappa shape index (κ3) is 2.35.